The van der Waals surface area contributed by atoms with Gasteiger partial charge in [0, 0.05) is 23.4 Å². The molecular weight excluding hydrogens is 462 g/mol. The van der Waals surface area contributed by atoms with Gasteiger partial charge < -0.3 is 4.74 Å². The smallest absolute Gasteiger partial charge is 0.310 e. The molecule has 6 heteroatoms. The maximum Gasteiger partial charge on any atom is 0.310 e. The third-order valence-corrected chi connectivity index (χ3v) is 7.74. The Morgan fingerprint density at radius 1 is 0.912 bits per heavy atom. The largest absolute Gasteiger partial charge is 0.466 e. The number of hydrogen-bond acceptors (Lipinski definition) is 5. The molecule has 4 aromatic rings. The number of aromatic nitrogens is 1. The van der Waals surface area contributed by atoms with Gasteiger partial charge in [0.2, 0.25) is 11.5 Å². The van der Waals surface area contributed by atoms with E-state index in [9.17, 15) is 9.59 Å². The molecular formula is C28H26NO3S2+. The van der Waals surface area contributed by atoms with Crippen LogP contribution in [0.5, 0.6) is 0 Å². The molecule has 0 radical (unpaired) electrons. The summed E-state index contributed by atoms with van der Waals surface area (Å²) >= 11 is 3.18. The number of thiophene rings is 1. The molecule has 0 amide bonds. The quantitative estimate of drug-likeness (QED) is 0.124. The number of ketones is 1. The lowest BCUT2D eigenvalue weighted by Gasteiger charge is -2.05. The predicted octanol–water partition coefficient (Wildman–Crippen LogP) is 5.70. The molecule has 0 spiro atoms. The van der Waals surface area contributed by atoms with Crippen LogP contribution in [0.15, 0.2) is 95.5 Å². The van der Waals surface area contributed by atoms with E-state index in [1.807, 2.05) is 83.7 Å². The molecule has 2 heterocycles. The van der Waals surface area contributed by atoms with Gasteiger partial charge >= 0.3 is 5.97 Å². The van der Waals surface area contributed by atoms with E-state index in [1.54, 1.807) is 18.7 Å². The van der Waals surface area contributed by atoms with Crippen molar-refractivity contribution < 1.29 is 18.9 Å². The summed E-state index contributed by atoms with van der Waals surface area (Å²) in [7, 11) is 0. The minimum atomic E-state index is -0.332. The Morgan fingerprint density at radius 2 is 1.56 bits per heavy atom. The zero-order chi connectivity index (χ0) is 23.8. The summed E-state index contributed by atoms with van der Waals surface area (Å²) in [6.45, 7) is 2.09. The fourth-order valence-corrected chi connectivity index (χ4v) is 6.31. The summed E-state index contributed by atoms with van der Waals surface area (Å²) in [5.74, 6) is 0.460. The van der Waals surface area contributed by atoms with E-state index < -0.39 is 0 Å². The monoisotopic (exact) mass is 488 g/mol. The van der Waals surface area contributed by atoms with Crippen LogP contribution in [0.2, 0.25) is 0 Å². The molecule has 4 rings (SSSR count). The van der Waals surface area contributed by atoms with Gasteiger partial charge in [-0.1, -0.05) is 66.7 Å². The van der Waals surface area contributed by atoms with Gasteiger partial charge in [0.15, 0.2) is 12.4 Å². The van der Waals surface area contributed by atoms with Gasteiger partial charge in [0.05, 0.1) is 23.5 Å². The third kappa shape index (κ3) is 5.82. The van der Waals surface area contributed by atoms with Crippen molar-refractivity contribution in [2.45, 2.75) is 24.0 Å². The number of hydrogen-bond donors (Lipinski definition) is 0. The number of carbonyl (C=O) groups excluding carboxylic acids is 2. The maximum atomic E-state index is 13.5. The van der Waals surface area contributed by atoms with Crippen LogP contribution in [0, 0.1) is 0 Å². The minimum Gasteiger partial charge on any atom is -0.466 e. The maximum absolute atomic E-state index is 13.5. The minimum absolute atomic E-state index is 0.0503. The van der Waals surface area contributed by atoms with Crippen LogP contribution in [0.3, 0.4) is 0 Å². The van der Waals surface area contributed by atoms with Gasteiger partial charge in [0.25, 0.3) is 0 Å². The molecule has 0 saturated carbocycles. The van der Waals surface area contributed by atoms with Crippen LogP contribution in [0.1, 0.15) is 33.3 Å². The van der Waals surface area contributed by atoms with Crippen LogP contribution in [-0.2, 0) is 22.4 Å². The fraction of sp³-hybridized carbons (Fsp3) is 0.179. The number of thioether (sulfide) groups is 1. The first-order valence-electron chi connectivity index (χ1n) is 11.2. The van der Waals surface area contributed by atoms with Crippen LogP contribution in [-0.4, -0.2) is 24.1 Å². The zero-order valence-electron chi connectivity index (χ0n) is 19.0. The second-order valence-corrected chi connectivity index (χ2v) is 9.97. The standard InChI is InChI=1S/C28H26NO3S2/c1-2-32-24(30)20-23-25(29-17-10-5-11-18-29)28(33-19-16-21-12-6-3-7-13-21)34-27(23)26(31)22-14-8-4-9-15-22/h3-15,17-18H,2,16,19-20H2,1H3/q+1. The molecule has 2 aromatic carbocycles. The molecule has 0 saturated heterocycles. The second kappa shape index (κ2) is 11.8. The molecule has 0 bridgehead atoms. The van der Waals surface area contributed by atoms with Crippen LogP contribution >= 0.6 is 23.1 Å². The van der Waals surface area contributed by atoms with Crippen LogP contribution in [0.25, 0.3) is 5.69 Å². The summed E-state index contributed by atoms with van der Waals surface area (Å²) in [6.07, 6.45) is 4.87. The van der Waals surface area contributed by atoms with Crippen molar-refractivity contribution in [3.8, 4) is 5.69 Å². The summed E-state index contributed by atoms with van der Waals surface area (Å²) in [5.41, 5.74) is 3.49. The molecule has 4 nitrogen and oxygen atoms in total. The average molecular weight is 489 g/mol. The number of aryl methyl sites for hydroxylation is 1. The van der Waals surface area contributed by atoms with Crippen molar-refractivity contribution in [2.24, 2.45) is 0 Å². The average Bonchev–Trinajstić information content (AvgIpc) is 3.23. The topological polar surface area (TPSA) is 47.3 Å². The Balaban J connectivity index is 1.76. The molecule has 0 fully saturated rings. The molecule has 0 unspecified atom stereocenters. The Morgan fingerprint density at radius 3 is 2.24 bits per heavy atom. The highest BCUT2D eigenvalue weighted by Crippen LogP contribution is 2.38. The van der Waals surface area contributed by atoms with E-state index in [0.29, 0.717) is 17.0 Å². The number of ether oxygens (including phenoxy) is 1. The van der Waals surface area contributed by atoms with E-state index >= 15 is 0 Å². The number of rotatable bonds is 10. The predicted molar refractivity (Wildman–Crippen MR) is 137 cm³/mol. The zero-order valence-corrected chi connectivity index (χ0v) is 20.6. The first-order chi connectivity index (χ1) is 16.7. The van der Waals surface area contributed by atoms with E-state index in [4.69, 9.17) is 4.74 Å². The van der Waals surface area contributed by atoms with Crippen LogP contribution in [0.4, 0.5) is 0 Å². The Kier molecular flexibility index (Phi) is 8.28. The Labute approximate surface area is 208 Å². The first kappa shape index (κ1) is 23.9. The molecule has 172 valence electrons. The highest BCUT2D eigenvalue weighted by atomic mass is 32.2. The lowest BCUT2D eigenvalue weighted by molar-refractivity contribution is -0.598. The van der Waals surface area contributed by atoms with Gasteiger partial charge in [-0.15, -0.1) is 23.1 Å². The Hall–Kier alpha value is -3.22. The molecule has 0 aliphatic carbocycles. The van der Waals surface area contributed by atoms with E-state index in [-0.39, 0.29) is 18.2 Å². The second-order valence-electron chi connectivity index (χ2n) is 7.59. The molecule has 0 N–H and O–H groups in total. The van der Waals surface area contributed by atoms with Gasteiger partial charge in [-0.2, -0.15) is 4.57 Å². The molecule has 34 heavy (non-hydrogen) atoms. The van der Waals surface area contributed by atoms with Gasteiger partial charge in [-0.25, -0.2) is 0 Å². The highest BCUT2D eigenvalue weighted by molar-refractivity contribution is 8.01. The summed E-state index contributed by atoms with van der Waals surface area (Å²) in [4.78, 5) is 26.7. The van der Waals surface area contributed by atoms with Gasteiger partial charge in [-0.3, -0.25) is 9.59 Å². The summed E-state index contributed by atoms with van der Waals surface area (Å²) in [6, 6.07) is 25.4. The normalized spacial score (nSPS) is 10.7. The lowest BCUT2D eigenvalue weighted by atomic mass is 10.0. The SMILES string of the molecule is CCOC(=O)Cc1c(C(=O)c2ccccc2)sc(SCCc2ccccc2)c1-[n+]1ccccc1. The molecule has 0 aliphatic heterocycles. The van der Waals surface area contributed by atoms with Gasteiger partial charge in [-0.05, 0) is 18.9 Å². The number of benzene rings is 2. The van der Waals surface area contributed by atoms with Crippen molar-refractivity contribution in [3.63, 3.8) is 0 Å². The highest BCUT2D eigenvalue weighted by Gasteiger charge is 2.31. The number of carbonyl (C=O) groups is 2. The summed E-state index contributed by atoms with van der Waals surface area (Å²) < 4.78 is 8.28. The third-order valence-electron chi connectivity index (χ3n) is 5.26. The first-order valence-corrected chi connectivity index (χ1v) is 13.0. The summed E-state index contributed by atoms with van der Waals surface area (Å²) in [5, 5.41) is 0. The molecule has 2 aromatic heterocycles. The van der Waals surface area contributed by atoms with Crippen molar-refractivity contribution in [3.05, 3.63) is 113 Å². The van der Waals surface area contributed by atoms with Crippen LogP contribution < -0.4 is 4.57 Å². The lowest BCUT2D eigenvalue weighted by Crippen LogP contribution is -2.31. The van der Waals surface area contributed by atoms with Gasteiger partial charge in [0.1, 0.15) is 4.21 Å². The number of pyridine rings is 1. The van der Waals surface area contributed by atoms with Crippen molar-refractivity contribution >= 4 is 34.9 Å². The number of esters is 1. The van der Waals surface area contributed by atoms with Crippen molar-refractivity contribution in [1.29, 1.82) is 0 Å². The van der Waals surface area contributed by atoms with E-state index in [2.05, 4.69) is 12.1 Å². The van der Waals surface area contributed by atoms with Crippen molar-refractivity contribution in [1.82, 2.24) is 0 Å². The Bertz CT molecular complexity index is 1240. The molecule has 0 aliphatic rings. The van der Waals surface area contributed by atoms with E-state index in [0.717, 1.165) is 27.6 Å². The van der Waals surface area contributed by atoms with E-state index in [1.165, 1.54) is 16.9 Å². The fourth-order valence-electron chi connectivity index (χ4n) is 3.67. The molecule has 0 atom stereocenters. The number of nitrogens with zero attached hydrogens (tertiary/aromatic N) is 1. The van der Waals surface area contributed by atoms with Crippen molar-refractivity contribution in [2.75, 3.05) is 12.4 Å².